The van der Waals surface area contributed by atoms with Crippen LogP contribution in [0.15, 0.2) is 6.20 Å². The molecule has 0 N–H and O–H groups in total. The molecule has 1 aromatic heterocycles. The van der Waals surface area contributed by atoms with Gasteiger partial charge in [-0.2, -0.15) is 4.98 Å². The first kappa shape index (κ1) is 10.5. The predicted molar refractivity (Wildman–Crippen MR) is 62.8 cm³/mol. The van der Waals surface area contributed by atoms with Crippen LogP contribution in [-0.2, 0) is 0 Å². The van der Waals surface area contributed by atoms with E-state index < -0.39 is 0 Å². The normalized spacial score (nSPS) is 15.8. The van der Waals surface area contributed by atoms with Crippen LogP contribution in [0.25, 0.3) is 0 Å². The maximum Gasteiger partial charge on any atom is 0.224 e. The molecule has 0 unspecified atom stereocenters. The molecule has 0 amide bonds. The van der Waals surface area contributed by atoms with Gasteiger partial charge in [0.2, 0.25) is 5.28 Å². The summed E-state index contributed by atoms with van der Waals surface area (Å²) in [5.41, 5.74) is 1.05. The summed E-state index contributed by atoms with van der Waals surface area (Å²) in [6.45, 7) is 6.29. The second kappa shape index (κ2) is 3.85. The van der Waals surface area contributed by atoms with Crippen LogP contribution in [0, 0.1) is 0 Å². The Morgan fingerprint density at radius 3 is 2.80 bits per heavy atom. The van der Waals surface area contributed by atoms with Gasteiger partial charge >= 0.3 is 0 Å². The van der Waals surface area contributed by atoms with Crippen molar-refractivity contribution in [3.05, 3.63) is 11.5 Å². The average Bonchev–Trinajstić information content (AvgIpc) is 2.17. The van der Waals surface area contributed by atoms with Gasteiger partial charge in [-0.15, -0.1) is 0 Å². The summed E-state index contributed by atoms with van der Waals surface area (Å²) in [4.78, 5) is 12.7. The molecule has 2 heterocycles. The SMILES string of the molecule is CC(C)N1CCN(C)c2cnc(Cl)nc21. The summed E-state index contributed by atoms with van der Waals surface area (Å²) in [5, 5.41) is 0.315. The van der Waals surface area contributed by atoms with Crippen LogP contribution in [-0.4, -0.2) is 36.1 Å². The van der Waals surface area contributed by atoms with Gasteiger partial charge in [-0.3, -0.25) is 0 Å². The van der Waals surface area contributed by atoms with E-state index in [4.69, 9.17) is 11.6 Å². The quantitative estimate of drug-likeness (QED) is 0.684. The summed E-state index contributed by atoms with van der Waals surface area (Å²) in [6.07, 6.45) is 1.79. The van der Waals surface area contributed by atoms with Crippen LogP contribution < -0.4 is 9.80 Å². The highest BCUT2D eigenvalue weighted by Crippen LogP contribution is 2.31. The fraction of sp³-hybridized carbons (Fsp3) is 0.600. The van der Waals surface area contributed by atoms with Gasteiger partial charge in [0.1, 0.15) is 0 Å². The molecule has 0 saturated carbocycles. The van der Waals surface area contributed by atoms with E-state index in [2.05, 4.69) is 33.6 Å². The van der Waals surface area contributed by atoms with Crippen molar-refractivity contribution in [3.8, 4) is 0 Å². The van der Waals surface area contributed by atoms with E-state index in [9.17, 15) is 0 Å². The van der Waals surface area contributed by atoms with Gasteiger partial charge in [-0.1, -0.05) is 0 Å². The molecule has 5 heteroatoms. The summed E-state index contributed by atoms with van der Waals surface area (Å²) < 4.78 is 0. The number of nitrogens with zero attached hydrogens (tertiary/aromatic N) is 4. The molecule has 2 rings (SSSR count). The minimum Gasteiger partial charge on any atom is -0.369 e. The van der Waals surface area contributed by atoms with E-state index in [1.807, 2.05) is 7.05 Å². The molecule has 0 saturated heterocycles. The van der Waals surface area contributed by atoms with Crippen molar-refractivity contribution in [1.29, 1.82) is 0 Å². The zero-order valence-electron chi connectivity index (χ0n) is 9.24. The molecule has 15 heavy (non-hydrogen) atoms. The van der Waals surface area contributed by atoms with E-state index in [1.54, 1.807) is 6.20 Å². The van der Waals surface area contributed by atoms with Crippen molar-refractivity contribution in [2.24, 2.45) is 0 Å². The second-order valence-electron chi connectivity index (χ2n) is 4.06. The van der Waals surface area contributed by atoms with Crippen molar-refractivity contribution in [3.63, 3.8) is 0 Å². The zero-order chi connectivity index (χ0) is 11.0. The van der Waals surface area contributed by atoms with Crippen molar-refractivity contribution in [1.82, 2.24) is 9.97 Å². The minimum atomic E-state index is 0.315. The first-order valence-electron chi connectivity index (χ1n) is 5.10. The lowest BCUT2D eigenvalue weighted by Crippen LogP contribution is -2.43. The highest BCUT2D eigenvalue weighted by molar-refractivity contribution is 6.28. The number of anilines is 2. The summed E-state index contributed by atoms with van der Waals surface area (Å²) in [7, 11) is 2.05. The molecule has 0 spiro atoms. The summed E-state index contributed by atoms with van der Waals surface area (Å²) >= 11 is 5.83. The van der Waals surface area contributed by atoms with Crippen LogP contribution in [0.1, 0.15) is 13.8 Å². The van der Waals surface area contributed by atoms with Gasteiger partial charge < -0.3 is 9.80 Å². The van der Waals surface area contributed by atoms with Crippen molar-refractivity contribution in [2.45, 2.75) is 19.9 Å². The van der Waals surface area contributed by atoms with Crippen molar-refractivity contribution < 1.29 is 0 Å². The van der Waals surface area contributed by atoms with Gasteiger partial charge in [0.25, 0.3) is 0 Å². The van der Waals surface area contributed by atoms with Crippen LogP contribution in [0.2, 0.25) is 5.28 Å². The monoisotopic (exact) mass is 226 g/mol. The number of likely N-dealkylation sites (N-methyl/N-ethyl adjacent to an activating group) is 1. The molecule has 0 radical (unpaired) electrons. The third-order valence-corrected chi connectivity index (χ3v) is 2.89. The third kappa shape index (κ3) is 1.86. The second-order valence-corrected chi connectivity index (χ2v) is 4.39. The highest BCUT2D eigenvalue weighted by Gasteiger charge is 2.24. The van der Waals surface area contributed by atoms with Gasteiger partial charge in [0.05, 0.1) is 11.9 Å². The molecule has 82 valence electrons. The highest BCUT2D eigenvalue weighted by atomic mass is 35.5. The molecule has 0 aromatic carbocycles. The number of aromatic nitrogens is 2. The first-order valence-corrected chi connectivity index (χ1v) is 5.47. The lowest BCUT2D eigenvalue weighted by Gasteiger charge is -2.37. The van der Waals surface area contributed by atoms with E-state index in [0.29, 0.717) is 11.3 Å². The number of halogens is 1. The smallest absolute Gasteiger partial charge is 0.224 e. The maximum absolute atomic E-state index is 5.83. The Balaban J connectivity index is 2.46. The Morgan fingerprint density at radius 2 is 2.13 bits per heavy atom. The third-order valence-electron chi connectivity index (χ3n) is 2.70. The molecule has 1 aromatic rings. The van der Waals surface area contributed by atoms with Gasteiger partial charge in [0.15, 0.2) is 5.82 Å². The molecule has 4 nitrogen and oxygen atoms in total. The molecule has 0 aliphatic carbocycles. The fourth-order valence-corrected chi connectivity index (χ4v) is 1.94. The molecular weight excluding hydrogens is 212 g/mol. The summed E-state index contributed by atoms with van der Waals surface area (Å²) in [5.74, 6) is 0.943. The van der Waals surface area contributed by atoms with Crippen molar-refractivity contribution >= 4 is 23.1 Å². The van der Waals surface area contributed by atoms with E-state index in [1.165, 1.54) is 0 Å². The van der Waals surface area contributed by atoms with Gasteiger partial charge in [-0.05, 0) is 25.4 Å². The average molecular weight is 227 g/mol. The Labute approximate surface area is 94.9 Å². The van der Waals surface area contributed by atoms with E-state index >= 15 is 0 Å². The number of hydrogen-bond acceptors (Lipinski definition) is 4. The molecule has 0 atom stereocenters. The van der Waals surface area contributed by atoms with E-state index in [-0.39, 0.29) is 0 Å². The lowest BCUT2D eigenvalue weighted by atomic mass is 10.2. The number of hydrogen-bond donors (Lipinski definition) is 0. The zero-order valence-corrected chi connectivity index (χ0v) is 9.99. The molecule has 0 bridgehead atoms. The topological polar surface area (TPSA) is 32.3 Å². The largest absolute Gasteiger partial charge is 0.369 e. The number of fused-ring (bicyclic) bond motifs is 1. The summed E-state index contributed by atoms with van der Waals surface area (Å²) in [6, 6.07) is 0.434. The van der Waals surface area contributed by atoms with Gasteiger partial charge in [0, 0.05) is 26.2 Å². The lowest BCUT2D eigenvalue weighted by molar-refractivity contribution is 0.643. The van der Waals surface area contributed by atoms with Crippen molar-refractivity contribution in [2.75, 3.05) is 29.9 Å². The Bertz CT molecular complexity index is 366. The van der Waals surface area contributed by atoms with E-state index in [0.717, 1.165) is 24.6 Å². The standard InChI is InChI=1S/C10H15ClN4/c1-7(2)15-5-4-14(3)8-6-12-10(11)13-9(8)15/h6-7H,4-5H2,1-3H3. The molecule has 0 fully saturated rings. The molecule has 1 aliphatic heterocycles. The predicted octanol–water partition coefficient (Wildman–Crippen LogP) is 1.79. The Hall–Kier alpha value is -1.03. The minimum absolute atomic E-state index is 0.315. The molecular formula is C10H15ClN4. The Kier molecular flexibility index (Phi) is 2.69. The maximum atomic E-state index is 5.83. The van der Waals surface area contributed by atoms with Crippen LogP contribution in [0.4, 0.5) is 11.5 Å². The van der Waals surface area contributed by atoms with Crippen LogP contribution in [0.5, 0.6) is 0 Å². The Morgan fingerprint density at radius 1 is 1.40 bits per heavy atom. The number of rotatable bonds is 1. The van der Waals surface area contributed by atoms with Gasteiger partial charge in [-0.25, -0.2) is 4.98 Å². The van der Waals surface area contributed by atoms with Crippen LogP contribution in [0.3, 0.4) is 0 Å². The fourth-order valence-electron chi connectivity index (χ4n) is 1.81. The molecule has 1 aliphatic rings. The van der Waals surface area contributed by atoms with Crippen LogP contribution >= 0.6 is 11.6 Å². The first-order chi connectivity index (χ1) is 7.09.